The maximum absolute atomic E-state index is 10.5. The molecular formula is C9H13N3O3. The lowest BCUT2D eigenvalue weighted by molar-refractivity contribution is 0.0690. The molecule has 0 aliphatic carbocycles. The van der Waals surface area contributed by atoms with Crippen molar-refractivity contribution < 1.29 is 14.6 Å². The number of ether oxygens (including phenoxy) is 1. The second-order valence-corrected chi connectivity index (χ2v) is 2.86. The number of carboxylic acid groups (broad SMARTS) is 1. The van der Waals surface area contributed by atoms with Gasteiger partial charge in [-0.3, -0.25) is 0 Å². The number of aromatic carboxylic acids is 1. The molecule has 15 heavy (non-hydrogen) atoms. The minimum atomic E-state index is -1.08. The molecule has 0 saturated heterocycles. The zero-order chi connectivity index (χ0) is 11.1. The summed E-state index contributed by atoms with van der Waals surface area (Å²) < 4.78 is 6.68. The van der Waals surface area contributed by atoms with Gasteiger partial charge < -0.3 is 9.84 Å². The summed E-state index contributed by atoms with van der Waals surface area (Å²) in [5.74, 6) is -1.08. The van der Waals surface area contributed by atoms with Crippen molar-refractivity contribution >= 4 is 5.97 Å². The Hall–Kier alpha value is -1.69. The van der Waals surface area contributed by atoms with E-state index in [-0.39, 0.29) is 5.69 Å². The Labute approximate surface area is 87.2 Å². The van der Waals surface area contributed by atoms with E-state index in [0.29, 0.717) is 19.8 Å². The zero-order valence-electron chi connectivity index (χ0n) is 8.30. The van der Waals surface area contributed by atoms with Crippen molar-refractivity contribution in [3.05, 3.63) is 24.5 Å². The van der Waals surface area contributed by atoms with Crippen molar-refractivity contribution in [2.75, 3.05) is 13.2 Å². The van der Waals surface area contributed by atoms with Gasteiger partial charge in [0.05, 0.1) is 26.0 Å². The largest absolute Gasteiger partial charge is 0.476 e. The average molecular weight is 211 g/mol. The average Bonchev–Trinajstić information content (AvgIpc) is 2.66. The van der Waals surface area contributed by atoms with Gasteiger partial charge in [0.1, 0.15) is 0 Å². The molecule has 0 bridgehead atoms. The maximum atomic E-state index is 10.5. The number of aromatic nitrogens is 3. The highest BCUT2D eigenvalue weighted by Crippen LogP contribution is 1.93. The van der Waals surface area contributed by atoms with Gasteiger partial charge in [-0.05, 0) is 6.42 Å². The van der Waals surface area contributed by atoms with E-state index in [1.165, 1.54) is 10.9 Å². The highest BCUT2D eigenvalue weighted by molar-refractivity contribution is 5.84. The van der Waals surface area contributed by atoms with Gasteiger partial charge in [0.2, 0.25) is 0 Å². The smallest absolute Gasteiger partial charge is 0.358 e. The molecule has 1 aromatic rings. The topological polar surface area (TPSA) is 77.2 Å². The second-order valence-electron chi connectivity index (χ2n) is 2.86. The Kier molecular flexibility index (Phi) is 4.49. The molecule has 0 unspecified atom stereocenters. The third-order valence-electron chi connectivity index (χ3n) is 1.69. The monoisotopic (exact) mass is 211 g/mol. The molecule has 0 radical (unpaired) electrons. The Morgan fingerprint density at radius 3 is 3.07 bits per heavy atom. The van der Waals surface area contributed by atoms with Crippen LogP contribution in [0.5, 0.6) is 0 Å². The van der Waals surface area contributed by atoms with Gasteiger partial charge in [0.25, 0.3) is 0 Å². The SMILES string of the molecule is C=CCCOCCn1cc(C(=O)O)nn1. The molecule has 1 heterocycles. The fourth-order valence-corrected chi connectivity index (χ4v) is 0.932. The molecule has 6 nitrogen and oxygen atoms in total. The van der Waals surface area contributed by atoms with Crippen LogP contribution >= 0.6 is 0 Å². The highest BCUT2D eigenvalue weighted by Gasteiger charge is 2.07. The van der Waals surface area contributed by atoms with Crippen molar-refractivity contribution in [1.29, 1.82) is 0 Å². The molecule has 0 aromatic carbocycles. The molecule has 0 aliphatic rings. The number of hydrogen-bond acceptors (Lipinski definition) is 4. The molecule has 0 aliphatic heterocycles. The van der Waals surface area contributed by atoms with E-state index < -0.39 is 5.97 Å². The summed E-state index contributed by atoms with van der Waals surface area (Å²) in [6.07, 6.45) is 3.95. The van der Waals surface area contributed by atoms with Crippen LogP contribution in [0.25, 0.3) is 0 Å². The first-order valence-electron chi connectivity index (χ1n) is 4.56. The number of nitrogens with zero attached hydrogens (tertiary/aromatic N) is 3. The molecule has 6 heteroatoms. The summed E-state index contributed by atoms with van der Waals surface area (Å²) in [5.41, 5.74) is -0.0545. The molecule has 0 spiro atoms. The fourth-order valence-electron chi connectivity index (χ4n) is 0.932. The van der Waals surface area contributed by atoms with E-state index in [1.54, 1.807) is 6.08 Å². The van der Waals surface area contributed by atoms with Crippen LogP contribution in [0.1, 0.15) is 16.9 Å². The Bertz CT molecular complexity index is 335. The van der Waals surface area contributed by atoms with E-state index in [1.807, 2.05) is 0 Å². The van der Waals surface area contributed by atoms with Crippen LogP contribution in [-0.2, 0) is 11.3 Å². The van der Waals surface area contributed by atoms with Crippen molar-refractivity contribution in [2.45, 2.75) is 13.0 Å². The number of hydrogen-bond donors (Lipinski definition) is 1. The number of rotatable bonds is 7. The van der Waals surface area contributed by atoms with Crippen molar-refractivity contribution in [3.63, 3.8) is 0 Å². The van der Waals surface area contributed by atoms with Gasteiger partial charge >= 0.3 is 5.97 Å². The first-order chi connectivity index (χ1) is 7.24. The molecule has 0 fully saturated rings. The standard InChI is InChI=1S/C9H13N3O3/c1-2-3-5-15-6-4-12-7-8(9(13)14)10-11-12/h2,7H,1,3-6H2,(H,13,14). The molecule has 0 saturated carbocycles. The Morgan fingerprint density at radius 2 is 2.47 bits per heavy atom. The lowest BCUT2D eigenvalue weighted by Crippen LogP contribution is -2.07. The van der Waals surface area contributed by atoms with Crippen LogP contribution in [0.15, 0.2) is 18.9 Å². The highest BCUT2D eigenvalue weighted by atomic mass is 16.5. The van der Waals surface area contributed by atoms with Gasteiger partial charge in [-0.15, -0.1) is 11.7 Å². The van der Waals surface area contributed by atoms with E-state index in [0.717, 1.165) is 6.42 Å². The van der Waals surface area contributed by atoms with Gasteiger partial charge in [0, 0.05) is 0 Å². The minimum Gasteiger partial charge on any atom is -0.476 e. The lowest BCUT2D eigenvalue weighted by atomic mass is 10.4. The molecule has 0 atom stereocenters. The number of carbonyl (C=O) groups is 1. The number of carboxylic acids is 1. The van der Waals surface area contributed by atoms with Crippen LogP contribution in [0.2, 0.25) is 0 Å². The van der Waals surface area contributed by atoms with Crippen molar-refractivity contribution in [3.8, 4) is 0 Å². The molecule has 0 amide bonds. The molecule has 1 N–H and O–H groups in total. The van der Waals surface area contributed by atoms with Gasteiger partial charge in [-0.25, -0.2) is 9.48 Å². The molecule has 82 valence electrons. The second kappa shape index (κ2) is 5.92. The maximum Gasteiger partial charge on any atom is 0.358 e. The minimum absolute atomic E-state index is 0.0545. The summed E-state index contributed by atoms with van der Waals surface area (Å²) in [6, 6.07) is 0. The summed E-state index contributed by atoms with van der Waals surface area (Å²) >= 11 is 0. The van der Waals surface area contributed by atoms with Crippen LogP contribution in [-0.4, -0.2) is 39.3 Å². The van der Waals surface area contributed by atoms with Gasteiger partial charge in [0.15, 0.2) is 5.69 Å². The van der Waals surface area contributed by atoms with Crippen LogP contribution in [0.3, 0.4) is 0 Å². The van der Waals surface area contributed by atoms with Gasteiger partial charge in [-0.2, -0.15) is 0 Å². The predicted octanol–water partition coefficient (Wildman–Crippen LogP) is 0.569. The quantitative estimate of drug-likeness (QED) is 0.527. The van der Waals surface area contributed by atoms with Crippen molar-refractivity contribution in [1.82, 2.24) is 15.0 Å². The van der Waals surface area contributed by atoms with E-state index in [4.69, 9.17) is 9.84 Å². The molecule has 1 rings (SSSR count). The summed E-state index contributed by atoms with van der Waals surface area (Å²) in [6.45, 7) is 5.16. The van der Waals surface area contributed by atoms with E-state index >= 15 is 0 Å². The van der Waals surface area contributed by atoms with Crippen LogP contribution in [0, 0.1) is 0 Å². The van der Waals surface area contributed by atoms with Crippen LogP contribution < -0.4 is 0 Å². The van der Waals surface area contributed by atoms with E-state index in [2.05, 4.69) is 16.9 Å². The molecular weight excluding hydrogens is 198 g/mol. The summed E-state index contributed by atoms with van der Waals surface area (Å²) in [5, 5.41) is 15.7. The Morgan fingerprint density at radius 1 is 1.67 bits per heavy atom. The molecule has 1 aromatic heterocycles. The third kappa shape index (κ3) is 3.90. The van der Waals surface area contributed by atoms with E-state index in [9.17, 15) is 4.79 Å². The van der Waals surface area contributed by atoms with Gasteiger partial charge in [-0.1, -0.05) is 11.3 Å². The first-order valence-corrected chi connectivity index (χ1v) is 4.56. The third-order valence-corrected chi connectivity index (χ3v) is 1.69. The zero-order valence-corrected chi connectivity index (χ0v) is 8.30. The van der Waals surface area contributed by atoms with Crippen LogP contribution in [0.4, 0.5) is 0 Å². The lowest BCUT2D eigenvalue weighted by Gasteiger charge is -2.01. The fraction of sp³-hybridized carbons (Fsp3) is 0.444. The van der Waals surface area contributed by atoms with Crippen molar-refractivity contribution in [2.24, 2.45) is 0 Å². The summed E-state index contributed by atoms with van der Waals surface area (Å²) in [7, 11) is 0. The predicted molar refractivity (Wildman–Crippen MR) is 52.6 cm³/mol. The Balaban J connectivity index is 2.25. The normalized spacial score (nSPS) is 10.1. The summed E-state index contributed by atoms with van der Waals surface area (Å²) in [4.78, 5) is 10.5. The first kappa shape index (κ1) is 11.4.